The van der Waals surface area contributed by atoms with Crippen LogP contribution in [0, 0.1) is 17.5 Å². The number of anilines is 1. The van der Waals surface area contributed by atoms with Gasteiger partial charge in [0, 0.05) is 24.2 Å². The van der Waals surface area contributed by atoms with Crippen LogP contribution in [0.5, 0.6) is 0 Å². The van der Waals surface area contributed by atoms with Gasteiger partial charge in [-0.2, -0.15) is 0 Å². The number of aliphatic hydroxyl groups is 1. The van der Waals surface area contributed by atoms with Gasteiger partial charge in [-0.1, -0.05) is 30.7 Å². The lowest BCUT2D eigenvalue weighted by molar-refractivity contribution is -0.127. The van der Waals surface area contributed by atoms with E-state index in [0.717, 1.165) is 12.1 Å². The summed E-state index contributed by atoms with van der Waals surface area (Å²) in [5.41, 5.74) is -0.322. The zero-order valence-electron chi connectivity index (χ0n) is 18.1. The molecule has 1 unspecified atom stereocenters. The Morgan fingerprint density at radius 1 is 1.27 bits per heavy atom. The van der Waals surface area contributed by atoms with Gasteiger partial charge in [0.15, 0.2) is 11.6 Å². The van der Waals surface area contributed by atoms with Crippen molar-refractivity contribution in [3.8, 4) is 0 Å². The van der Waals surface area contributed by atoms with E-state index in [0.29, 0.717) is 24.8 Å². The maximum atomic E-state index is 14.5. The molecule has 2 aromatic rings. The summed E-state index contributed by atoms with van der Waals surface area (Å²) >= 11 is 5.79. The zero-order chi connectivity index (χ0) is 24.3. The molecule has 0 heterocycles. The van der Waals surface area contributed by atoms with Gasteiger partial charge in [0.1, 0.15) is 5.82 Å². The summed E-state index contributed by atoms with van der Waals surface area (Å²) in [5.74, 6) is -4.10. The third-order valence-corrected chi connectivity index (χ3v) is 6.14. The number of rotatable bonds is 9. The summed E-state index contributed by atoms with van der Waals surface area (Å²) in [6, 6.07) is 4.79. The fourth-order valence-corrected chi connectivity index (χ4v) is 4.26. The Hall–Kier alpha value is -2.62. The van der Waals surface area contributed by atoms with Crippen LogP contribution in [0.4, 0.5) is 18.9 Å². The third kappa shape index (κ3) is 5.85. The average Bonchev–Trinajstić information content (AvgIpc) is 2.72. The zero-order valence-corrected chi connectivity index (χ0v) is 18.8. The minimum absolute atomic E-state index is 0.00298. The number of nitrogens with one attached hydrogen (secondary N) is 3. The van der Waals surface area contributed by atoms with E-state index in [1.807, 2.05) is 0 Å². The molecule has 3 rings (SSSR count). The quantitative estimate of drug-likeness (QED) is 0.410. The number of carbonyl (C=O) groups is 2. The Labute approximate surface area is 194 Å². The maximum Gasteiger partial charge on any atom is 0.237 e. The monoisotopic (exact) mass is 483 g/mol. The molecule has 1 aliphatic carbocycles. The van der Waals surface area contributed by atoms with Crippen molar-refractivity contribution in [3.05, 3.63) is 63.9 Å². The van der Waals surface area contributed by atoms with Crippen LogP contribution in [0.25, 0.3) is 0 Å². The molecule has 0 radical (unpaired) electrons. The van der Waals surface area contributed by atoms with Crippen molar-refractivity contribution in [3.63, 3.8) is 0 Å². The van der Waals surface area contributed by atoms with Gasteiger partial charge in [-0.25, -0.2) is 13.2 Å². The van der Waals surface area contributed by atoms with E-state index in [1.165, 1.54) is 18.2 Å². The van der Waals surface area contributed by atoms with E-state index in [2.05, 4.69) is 16.0 Å². The highest BCUT2D eigenvalue weighted by Crippen LogP contribution is 2.32. The van der Waals surface area contributed by atoms with Crippen molar-refractivity contribution in [2.75, 3.05) is 5.32 Å². The van der Waals surface area contributed by atoms with Gasteiger partial charge in [-0.3, -0.25) is 9.59 Å². The summed E-state index contributed by atoms with van der Waals surface area (Å²) in [4.78, 5) is 24.0. The molecule has 0 bridgehead atoms. The first-order valence-corrected chi connectivity index (χ1v) is 10.8. The van der Waals surface area contributed by atoms with Crippen molar-refractivity contribution in [1.29, 1.82) is 0 Å². The number of halogens is 4. The highest BCUT2D eigenvalue weighted by atomic mass is 35.5. The summed E-state index contributed by atoms with van der Waals surface area (Å²) in [5, 5.41) is 17.9. The van der Waals surface area contributed by atoms with E-state index in [9.17, 15) is 27.9 Å². The fourth-order valence-electron chi connectivity index (χ4n) is 4.10. The second kappa shape index (κ2) is 10.1. The fraction of sp³-hybridized carbons (Fsp3) is 0.391. The normalized spacial score (nSPS) is 21.6. The number of carbonyl (C=O) groups excluding carboxylic acids is 2. The number of amides is 2. The van der Waals surface area contributed by atoms with Crippen molar-refractivity contribution in [1.82, 2.24) is 10.6 Å². The van der Waals surface area contributed by atoms with Gasteiger partial charge >= 0.3 is 0 Å². The number of hydrogen-bond donors (Lipinski definition) is 4. The molecular weight excluding hydrogens is 459 g/mol. The first kappa shape index (κ1) is 25.0. The molecule has 1 fully saturated rings. The van der Waals surface area contributed by atoms with E-state index in [-0.39, 0.29) is 28.9 Å². The summed E-state index contributed by atoms with van der Waals surface area (Å²) in [7, 11) is 0. The molecular formula is C23H25ClF3N3O3. The average molecular weight is 484 g/mol. The van der Waals surface area contributed by atoms with Gasteiger partial charge in [-0.05, 0) is 49.1 Å². The Kier molecular flexibility index (Phi) is 7.66. The molecule has 2 aromatic carbocycles. The van der Waals surface area contributed by atoms with Gasteiger partial charge < -0.3 is 21.1 Å². The molecule has 33 heavy (non-hydrogen) atoms. The highest BCUT2D eigenvalue weighted by Gasteiger charge is 2.40. The molecule has 1 aliphatic rings. The van der Waals surface area contributed by atoms with Crippen LogP contribution in [0.3, 0.4) is 0 Å². The SMILES string of the molecule is CC(c1cccc(F)c1F)[C@@H](NCc1cc(F)c(Cl)cc1NC=O)C(=O)NC1CC(C)(O)C1. The van der Waals surface area contributed by atoms with E-state index >= 15 is 0 Å². The summed E-state index contributed by atoms with van der Waals surface area (Å²) < 4.78 is 42.3. The molecule has 2 atom stereocenters. The van der Waals surface area contributed by atoms with Crippen LogP contribution in [-0.2, 0) is 16.1 Å². The third-order valence-electron chi connectivity index (χ3n) is 5.85. The Balaban J connectivity index is 1.85. The van der Waals surface area contributed by atoms with E-state index in [1.54, 1.807) is 13.8 Å². The lowest BCUT2D eigenvalue weighted by Crippen LogP contribution is -2.57. The number of hydrogen-bond acceptors (Lipinski definition) is 4. The lowest BCUT2D eigenvalue weighted by atomic mass is 9.77. The minimum Gasteiger partial charge on any atom is -0.390 e. The molecule has 0 saturated heterocycles. The topological polar surface area (TPSA) is 90.5 Å². The Morgan fingerprint density at radius 2 is 1.97 bits per heavy atom. The largest absolute Gasteiger partial charge is 0.390 e. The first-order chi connectivity index (χ1) is 15.5. The standard InChI is InChI=1S/C23H25ClF3N3O3/c1-12(15-4-3-5-17(25)20(15)27)21(22(32)30-14-8-23(2,33)9-14)28-10-13-6-18(26)16(24)7-19(13)29-11-31/h3-7,11-12,14,21,28,33H,8-10H2,1-2H3,(H,29,31)(H,30,32)/t12?,14?,21-,23?/m1/s1. The molecule has 0 spiro atoms. The minimum atomic E-state index is -1.06. The maximum absolute atomic E-state index is 14.5. The van der Waals surface area contributed by atoms with Crippen molar-refractivity contribution < 1.29 is 27.9 Å². The molecule has 1 saturated carbocycles. The second-order valence-corrected chi connectivity index (χ2v) is 8.99. The first-order valence-electron chi connectivity index (χ1n) is 10.4. The van der Waals surface area contributed by atoms with Gasteiger partial charge in [-0.15, -0.1) is 0 Å². The van der Waals surface area contributed by atoms with Crippen LogP contribution >= 0.6 is 11.6 Å². The van der Waals surface area contributed by atoms with Crippen molar-refractivity contribution in [2.24, 2.45) is 0 Å². The summed E-state index contributed by atoms with van der Waals surface area (Å²) in [6.45, 7) is 3.15. The molecule has 4 N–H and O–H groups in total. The highest BCUT2D eigenvalue weighted by molar-refractivity contribution is 6.31. The van der Waals surface area contributed by atoms with Crippen LogP contribution in [0.15, 0.2) is 30.3 Å². The Morgan fingerprint density at radius 3 is 2.61 bits per heavy atom. The van der Waals surface area contributed by atoms with Crippen LogP contribution < -0.4 is 16.0 Å². The Bertz CT molecular complexity index is 1040. The molecule has 10 heteroatoms. The van der Waals surface area contributed by atoms with Crippen LogP contribution in [-0.4, -0.2) is 35.1 Å². The van der Waals surface area contributed by atoms with Crippen molar-refractivity contribution >= 4 is 29.6 Å². The molecule has 6 nitrogen and oxygen atoms in total. The molecule has 178 valence electrons. The van der Waals surface area contributed by atoms with Gasteiger partial charge in [0.2, 0.25) is 12.3 Å². The molecule has 0 aliphatic heterocycles. The van der Waals surface area contributed by atoms with Gasteiger partial charge in [0.05, 0.1) is 16.7 Å². The van der Waals surface area contributed by atoms with E-state index in [4.69, 9.17) is 11.6 Å². The van der Waals surface area contributed by atoms with Crippen molar-refractivity contribution in [2.45, 2.75) is 56.8 Å². The predicted molar refractivity (Wildman–Crippen MR) is 118 cm³/mol. The van der Waals surface area contributed by atoms with Gasteiger partial charge in [0.25, 0.3) is 0 Å². The number of benzene rings is 2. The molecule has 0 aromatic heterocycles. The van der Waals surface area contributed by atoms with E-state index < -0.39 is 40.9 Å². The summed E-state index contributed by atoms with van der Waals surface area (Å²) in [6.07, 6.45) is 1.14. The predicted octanol–water partition coefficient (Wildman–Crippen LogP) is 3.62. The smallest absolute Gasteiger partial charge is 0.237 e. The van der Waals surface area contributed by atoms with Crippen LogP contribution in [0.2, 0.25) is 5.02 Å². The molecule has 2 amide bonds. The second-order valence-electron chi connectivity index (χ2n) is 8.59. The lowest BCUT2D eigenvalue weighted by Gasteiger charge is -2.42. The van der Waals surface area contributed by atoms with Crippen LogP contribution in [0.1, 0.15) is 43.7 Å².